The minimum Gasteiger partial charge on any atom is -0.393 e. The molecule has 21 heavy (non-hydrogen) atoms. The molecule has 1 aliphatic rings. The first-order chi connectivity index (χ1) is 10.1. The number of nitrogens with zero attached hydrogens (tertiary/aromatic N) is 1. The van der Waals surface area contributed by atoms with E-state index in [9.17, 15) is 9.50 Å². The van der Waals surface area contributed by atoms with E-state index < -0.39 is 0 Å². The van der Waals surface area contributed by atoms with Gasteiger partial charge in [-0.2, -0.15) is 0 Å². The van der Waals surface area contributed by atoms with Crippen molar-refractivity contribution in [1.82, 2.24) is 5.32 Å². The van der Waals surface area contributed by atoms with Gasteiger partial charge in [-0.25, -0.2) is 4.39 Å². The molecule has 0 bridgehead atoms. The molecule has 0 spiro atoms. The summed E-state index contributed by atoms with van der Waals surface area (Å²) < 4.78 is 19.1. The highest BCUT2D eigenvalue weighted by atomic mass is 19.1. The Balaban J connectivity index is 1.98. The maximum Gasteiger partial charge on any atom is 0.129 e. The van der Waals surface area contributed by atoms with Crippen LogP contribution in [0.1, 0.15) is 18.4 Å². The molecule has 0 heterocycles. The number of rotatable bonds is 8. The molecule has 0 saturated heterocycles. The Hall–Kier alpha value is -1.17. The Bertz CT molecular complexity index is 450. The lowest BCUT2D eigenvalue weighted by Gasteiger charge is -2.35. The Morgan fingerprint density at radius 1 is 1.43 bits per heavy atom. The minimum atomic E-state index is -0.182. The maximum absolute atomic E-state index is 14.1. The molecule has 1 saturated carbocycles. The zero-order valence-corrected chi connectivity index (χ0v) is 12.8. The fraction of sp³-hybridized carbons (Fsp3) is 0.625. The molecule has 0 radical (unpaired) electrons. The number of hydrogen-bond donors (Lipinski definition) is 2. The van der Waals surface area contributed by atoms with E-state index in [1.165, 1.54) is 6.07 Å². The first-order valence-electron chi connectivity index (χ1n) is 7.48. The molecule has 2 N–H and O–H groups in total. The smallest absolute Gasteiger partial charge is 0.129 e. The summed E-state index contributed by atoms with van der Waals surface area (Å²) in [5.41, 5.74) is 1.61. The highest BCUT2D eigenvalue weighted by Crippen LogP contribution is 2.30. The van der Waals surface area contributed by atoms with Gasteiger partial charge in [0.25, 0.3) is 0 Å². The third kappa shape index (κ3) is 4.40. The molecule has 1 fully saturated rings. The monoisotopic (exact) mass is 296 g/mol. The van der Waals surface area contributed by atoms with E-state index in [2.05, 4.69) is 10.2 Å². The summed E-state index contributed by atoms with van der Waals surface area (Å²) in [4.78, 5) is 2.09. The number of halogens is 1. The van der Waals surface area contributed by atoms with Gasteiger partial charge in [0.2, 0.25) is 0 Å². The molecular weight excluding hydrogens is 271 g/mol. The Kier molecular flexibility index (Phi) is 5.96. The molecule has 1 aliphatic carbocycles. The third-order valence-corrected chi connectivity index (χ3v) is 4.03. The summed E-state index contributed by atoms with van der Waals surface area (Å²) >= 11 is 0. The summed E-state index contributed by atoms with van der Waals surface area (Å²) in [5, 5.41) is 12.6. The van der Waals surface area contributed by atoms with Gasteiger partial charge in [-0.15, -0.1) is 0 Å². The molecular formula is C16H25FN2O2. The zero-order chi connectivity index (χ0) is 15.2. The van der Waals surface area contributed by atoms with Crippen LogP contribution < -0.4 is 10.2 Å². The van der Waals surface area contributed by atoms with Crippen LogP contribution in [-0.4, -0.2) is 45.1 Å². The second-order valence-corrected chi connectivity index (χ2v) is 5.78. The Labute approximate surface area is 125 Å². The van der Waals surface area contributed by atoms with Gasteiger partial charge >= 0.3 is 0 Å². The van der Waals surface area contributed by atoms with Gasteiger partial charge in [0.05, 0.1) is 12.7 Å². The molecule has 0 aromatic heterocycles. The van der Waals surface area contributed by atoms with Gasteiger partial charge in [0, 0.05) is 45.0 Å². The summed E-state index contributed by atoms with van der Waals surface area (Å²) in [5.74, 6) is 0.320. The highest BCUT2D eigenvalue weighted by Gasteiger charge is 2.28. The van der Waals surface area contributed by atoms with Crippen LogP contribution in [-0.2, 0) is 11.3 Å². The SMILES string of the molecule is COCCNCc1c(F)cccc1N(C)CC1CC(O)C1. The van der Waals surface area contributed by atoms with Gasteiger partial charge in [-0.3, -0.25) is 0 Å². The lowest BCUT2D eigenvalue weighted by molar-refractivity contribution is 0.0464. The van der Waals surface area contributed by atoms with Crippen LogP contribution in [0.15, 0.2) is 18.2 Å². The molecule has 0 atom stereocenters. The van der Waals surface area contributed by atoms with E-state index in [4.69, 9.17) is 4.74 Å². The first kappa shape index (κ1) is 16.2. The van der Waals surface area contributed by atoms with E-state index in [1.54, 1.807) is 13.2 Å². The van der Waals surface area contributed by atoms with Gasteiger partial charge < -0.3 is 20.1 Å². The van der Waals surface area contributed by atoms with Gasteiger partial charge in [-0.1, -0.05) is 6.07 Å². The standard InChI is InChI=1S/C16H25FN2O2/c1-19(11-12-8-13(20)9-12)16-5-3-4-15(17)14(16)10-18-6-7-21-2/h3-5,12-13,18,20H,6-11H2,1-2H3. The van der Waals surface area contributed by atoms with E-state index in [0.29, 0.717) is 31.2 Å². The van der Waals surface area contributed by atoms with Gasteiger partial charge in [0.15, 0.2) is 0 Å². The van der Waals surface area contributed by atoms with Crippen LogP contribution >= 0.6 is 0 Å². The molecule has 0 unspecified atom stereocenters. The second-order valence-electron chi connectivity index (χ2n) is 5.78. The maximum atomic E-state index is 14.1. The first-order valence-corrected chi connectivity index (χ1v) is 7.48. The van der Waals surface area contributed by atoms with Gasteiger partial charge in [-0.05, 0) is 30.9 Å². The van der Waals surface area contributed by atoms with Gasteiger partial charge in [0.1, 0.15) is 5.82 Å². The van der Waals surface area contributed by atoms with Crippen molar-refractivity contribution in [2.45, 2.75) is 25.5 Å². The molecule has 1 aromatic carbocycles. The van der Waals surface area contributed by atoms with Crippen molar-refractivity contribution in [1.29, 1.82) is 0 Å². The summed E-state index contributed by atoms with van der Waals surface area (Å²) in [6.45, 7) is 2.65. The van der Waals surface area contributed by atoms with Crippen LogP contribution in [0.2, 0.25) is 0 Å². The van der Waals surface area contributed by atoms with Crippen LogP contribution in [0, 0.1) is 11.7 Å². The van der Waals surface area contributed by atoms with Crippen molar-refractivity contribution in [3.05, 3.63) is 29.6 Å². The van der Waals surface area contributed by atoms with Crippen LogP contribution in [0.4, 0.5) is 10.1 Å². The lowest BCUT2D eigenvalue weighted by atomic mass is 9.82. The summed E-state index contributed by atoms with van der Waals surface area (Å²) in [6, 6.07) is 5.19. The lowest BCUT2D eigenvalue weighted by Crippen LogP contribution is -2.37. The molecule has 2 rings (SSSR count). The van der Waals surface area contributed by atoms with Crippen molar-refractivity contribution >= 4 is 5.69 Å². The summed E-state index contributed by atoms with van der Waals surface area (Å²) in [6.07, 6.45) is 1.55. The van der Waals surface area contributed by atoms with E-state index in [-0.39, 0.29) is 11.9 Å². The van der Waals surface area contributed by atoms with Crippen molar-refractivity contribution in [3.63, 3.8) is 0 Å². The molecule has 0 amide bonds. The number of anilines is 1. The van der Waals surface area contributed by atoms with Crippen LogP contribution in [0.25, 0.3) is 0 Å². The van der Waals surface area contributed by atoms with Crippen molar-refractivity contribution in [2.24, 2.45) is 5.92 Å². The molecule has 0 aliphatic heterocycles. The fourth-order valence-corrected chi connectivity index (χ4v) is 2.80. The number of hydrogen-bond acceptors (Lipinski definition) is 4. The Morgan fingerprint density at radius 2 is 2.19 bits per heavy atom. The van der Waals surface area contributed by atoms with E-state index in [1.807, 2.05) is 13.1 Å². The molecule has 1 aromatic rings. The number of benzene rings is 1. The van der Waals surface area contributed by atoms with E-state index in [0.717, 1.165) is 25.1 Å². The second kappa shape index (κ2) is 7.73. The van der Waals surface area contributed by atoms with Crippen LogP contribution in [0.5, 0.6) is 0 Å². The fourth-order valence-electron chi connectivity index (χ4n) is 2.80. The van der Waals surface area contributed by atoms with E-state index >= 15 is 0 Å². The largest absolute Gasteiger partial charge is 0.393 e. The minimum absolute atomic E-state index is 0.147. The molecule has 118 valence electrons. The average molecular weight is 296 g/mol. The topological polar surface area (TPSA) is 44.7 Å². The number of aliphatic hydroxyl groups excluding tert-OH is 1. The van der Waals surface area contributed by atoms with Crippen LogP contribution in [0.3, 0.4) is 0 Å². The Morgan fingerprint density at radius 3 is 2.86 bits per heavy atom. The number of nitrogens with one attached hydrogen (secondary N) is 1. The number of methoxy groups -OCH3 is 1. The molecule has 5 heteroatoms. The predicted octanol–water partition coefficient (Wildman–Crippen LogP) is 1.77. The van der Waals surface area contributed by atoms with Crippen molar-refractivity contribution in [3.8, 4) is 0 Å². The molecule has 4 nitrogen and oxygen atoms in total. The normalized spacial score (nSPS) is 21.1. The number of ether oxygens (including phenoxy) is 1. The van der Waals surface area contributed by atoms with Crippen molar-refractivity contribution < 1.29 is 14.2 Å². The average Bonchev–Trinajstić information content (AvgIpc) is 2.43. The number of aliphatic hydroxyl groups is 1. The predicted molar refractivity (Wildman–Crippen MR) is 82.0 cm³/mol. The van der Waals surface area contributed by atoms with Crippen molar-refractivity contribution in [2.75, 3.05) is 38.8 Å². The zero-order valence-electron chi connectivity index (χ0n) is 12.8. The summed E-state index contributed by atoms with van der Waals surface area (Å²) in [7, 11) is 3.63. The quantitative estimate of drug-likeness (QED) is 0.718. The third-order valence-electron chi connectivity index (χ3n) is 4.03. The highest BCUT2D eigenvalue weighted by molar-refractivity contribution is 5.53.